The van der Waals surface area contributed by atoms with Gasteiger partial charge in [-0.1, -0.05) is 0 Å². The molecule has 0 aliphatic rings. The van der Waals surface area contributed by atoms with Gasteiger partial charge in [0.25, 0.3) is 0 Å². The molecule has 0 aliphatic heterocycles. The fourth-order valence-electron chi connectivity index (χ4n) is 0.176. The molecule has 1 amide bonds. The van der Waals surface area contributed by atoms with Gasteiger partial charge in [-0.15, -0.1) is 0 Å². The number of hydrogen-bond acceptors (Lipinski definition) is 2. The summed E-state index contributed by atoms with van der Waals surface area (Å²) in [5.74, 6) is 0. The Morgan fingerprint density at radius 2 is 2.25 bits per heavy atom. The summed E-state index contributed by atoms with van der Waals surface area (Å²) in [6.07, 6.45) is 0. The van der Waals surface area contributed by atoms with E-state index in [1.54, 1.807) is 14.1 Å². The van der Waals surface area contributed by atoms with Gasteiger partial charge < -0.3 is 0 Å². The van der Waals surface area contributed by atoms with Gasteiger partial charge >= 0.3 is 54.2 Å². The Morgan fingerprint density at radius 3 is 2.38 bits per heavy atom. The van der Waals surface area contributed by atoms with Crippen LogP contribution in [0.25, 0.3) is 0 Å². The fourth-order valence-corrected chi connectivity index (χ4v) is 0.807. The average Bonchev–Trinajstić information content (AvgIpc) is 1.67. The van der Waals surface area contributed by atoms with Gasteiger partial charge in [0.1, 0.15) is 0 Å². The Bertz CT molecular complexity index is 87.4. The van der Waals surface area contributed by atoms with Crippen LogP contribution in [0.15, 0.2) is 0 Å². The van der Waals surface area contributed by atoms with E-state index in [9.17, 15) is 4.79 Å². The first-order chi connectivity index (χ1) is 3.68. The molecule has 0 atom stereocenters. The predicted octanol–water partition coefficient (Wildman–Crippen LogP) is 0.896. The van der Waals surface area contributed by atoms with Crippen molar-refractivity contribution in [3.8, 4) is 0 Å². The van der Waals surface area contributed by atoms with E-state index in [2.05, 4.69) is 4.08 Å². The van der Waals surface area contributed by atoms with Gasteiger partial charge in [0.15, 0.2) is 0 Å². The summed E-state index contributed by atoms with van der Waals surface area (Å²) in [7, 11) is 2.19. The van der Waals surface area contributed by atoms with Crippen LogP contribution >= 0.6 is 20.7 Å². The fraction of sp³-hybridized carbons (Fsp3) is 0.667. The summed E-state index contributed by atoms with van der Waals surface area (Å²) in [5, 5.41) is 0. The van der Waals surface area contributed by atoms with Gasteiger partial charge in [-0.25, -0.2) is 0 Å². The maximum absolute atomic E-state index is 10.5. The van der Waals surface area contributed by atoms with Crippen LogP contribution in [0.4, 0.5) is 4.79 Å². The number of rotatable bonds is 2. The van der Waals surface area contributed by atoms with Crippen molar-refractivity contribution in [3.63, 3.8) is 0 Å². The first kappa shape index (κ1) is 8.15. The number of carbonyl (C=O) groups excluding carboxylic acids is 1. The van der Waals surface area contributed by atoms with Gasteiger partial charge in [-0.3, -0.25) is 0 Å². The van der Waals surface area contributed by atoms with E-state index in [4.69, 9.17) is 11.9 Å². The third kappa shape index (κ3) is 3.19. The number of halogens is 1. The molecule has 0 N–H and O–H groups in total. The Morgan fingerprint density at radius 1 is 1.75 bits per heavy atom. The molecule has 0 rings (SSSR count). The molecule has 3 nitrogen and oxygen atoms in total. The number of carbonyl (C=O) groups is 1. The van der Waals surface area contributed by atoms with Crippen molar-refractivity contribution in [2.45, 2.75) is 0 Å². The van der Waals surface area contributed by atoms with E-state index in [0.717, 1.165) is 0 Å². The molecule has 0 aliphatic carbocycles. The Hall–Kier alpha value is 0.150. The van der Waals surface area contributed by atoms with Crippen molar-refractivity contribution in [2.75, 3.05) is 14.1 Å². The van der Waals surface area contributed by atoms with Crippen molar-refractivity contribution in [1.82, 2.24) is 4.90 Å². The molecule has 0 unspecified atom stereocenters. The summed E-state index contributed by atoms with van der Waals surface area (Å²) in [5.41, 5.74) is 0.000000000000000222. The van der Waals surface area contributed by atoms with Gasteiger partial charge in [-0.2, -0.15) is 0 Å². The molecule has 0 fully saturated rings. The third-order valence-corrected chi connectivity index (χ3v) is 1.99. The van der Waals surface area contributed by atoms with E-state index in [1.165, 1.54) is 4.90 Å². The summed E-state index contributed by atoms with van der Waals surface area (Å²) < 4.78 is 4.18. The van der Waals surface area contributed by atoms with Crippen LogP contribution < -0.4 is 0 Å². The molecule has 50 valence electrons. The molecule has 0 spiro atoms. The van der Waals surface area contributed by atoms with E-state index < -0.39 is 8.81 Å². The average molecular weight is 158 g/mol. The SMILES string of the molecule is CN(C)C(=O)[PH3]OCl. The Kier molecular flexibility index (Phi) is 4.15. The summed E-state index contributed by atoms with van der Waals surface area (Å²) in [6, 6.07) is 0. The maximum atomic E-state index is 10.5. The normalized spacial score (nSPS) is 9.38. The van der Waals surface area contributed by atoms with Crippen LogP contribution in [0.2, 0.25) is 0 Å². The molecule has 0 heterocycles. The van der Waals surface area contributed by atoms with Crippen LogP contribution in [0.5, 0.6) is 0 Å². The summed E-state index contributed by atoms with van der Waals surface area (Å²) in [6.45, 7) is 0. The molecule has 0 aromatic heterocycles. The second-order valence-corrected chi connectivity index (χ2v) is 3.31. The molecule has 0 saturated carbocycles. The zero-order chi connectivity index (χ0) is 6.57. The van der Waals surface area contributed by atoms with Gasteiger partial charge in [-0.05, 0) is 0 Å². The first-order valence-electron chi connectivity index (χ1n) is 2.12. The first-order valence-corrected chi connectivity index (χ1v) is 3.71. The Balaban J connectivity index is 3.33. The van der Waals surface area contributed by atoms with E-state index in [-0.39, 0.29) is 5.65 Å². The van der Waals surface area contributed by atoms with Crippen molar-refractivity contribution in [2.24, 2.45) is 0 Å². The zero-order valence-corrected chi connectivity index (χ0v) is 7.02. The summed E-state index contributed by atoms with van der Waals surface area (Å²) in [4.78, 5) is 12.0. The summed E-state index contributed by atoms with van der Waals surface area (Å²) >= 11 is 4.85. The van der Waals surface area contributed by atoms with Crippen molar-refractivity contribution in [3.05, 3.63) is 0 Å². The van der Waals surface area contributed by atoms with Crippen LogP contribution in [-0.2, 0) is 4.08 Å². The molecule has 5 heteroatoms. The van der Waals surface area contributed by atoms with Crippen LogP contribution in [-0.4, -0.2) is 24.6 Å². The quantitative estimate of drug-likeness (QED) is 0.558. The van der Waals surface area contributed by atoms with E-state index >= 15 is 0 Å². The van der Waals surface area contributed by atoms with Gasteiger partial charge in [0, 0.05) is 0 Å². The van der Waals surface area contributed by atoms with E-state index in [0.29, 0.717) is 0 Å². The number of hydrogen-bond donors (Lipinski definition) is 0. The van der Waals surface area contributed by atoms with E-state index in [1.807, 2.05) is 0 Å². The number of nitrogens with zero attached hydrogens (tertiary/aromatic N) is 1. The molecule has 0 aromatic rings. The molecule has 8 heavy (non-hydrogen) atoms. The van der Waals surface area contributed by atoms with Crippen molar-refractivity contribution in [1.29, 1.82) is 0 Å². The second-order valence-electron chi connectivity index (χ2n) is 1.54. The number of amides is 1. The molecule has 0 saturated heterocycles. The monoisotopic (exact) mass is 157 g/mol. The predicted molar refractivity (Wildman–Crippen MR) is 37.1 cm³/mol. The van der Waals surface area contributed by atoms with Crippen LogP contribution in [0, 0.1) is 0 Å². The van der Waals surface area contributed by atoms with Crippen molar-refractivity contribution >= 4 is 26.3 Å². The van der Waals surface area contributed by atoms with Gasteiger partial charge in [0.2, 0.25) is 0 Å². The Labute approximate surface area is 55.0 Å². The molecular formula is C3H9ClNO2P. The molecule has 0 bridgehead atoms. The topological polar surface area (TPSA) is 29.5 Å². The second kappa shape index (κ2) is 4.07. The van der Waals surface area contributed by atoms with Crippen LogP contribution in [0.3, 0.4) is 0 Å². The molecule has 0 aromatic carbocycles. The minimum atomic E-state index is -1.15. The third-order valence-electron chi connectivity index (χ3n) is 0.677. The minimum absolute atomic E-state index is 0.000000000000000222. The zero-order valence-electron chi connectivity index (χ0n) is 4.85. The van der Waals surface area contributed by atoms with Crippen molar-refractivity contribution < 1.29 is 8.87 Å². The standard InChI is InChI=1S/C3H9ClNO2P/c1-5(2)3(6)8-7-4/h1-2,8H3. The molecule has 0 radical (unpaired) electrons. The van der Waals surface area contributed by atoms with Crippen LogP contribution in [0.1, 0.15) is 0 Å². The van der Waals surface area contributed by atoms with Gasteiger partial charge in [0.05, 0.1) is 0 Å². The molecular weight excluding hydrogens is 148 g/mol.